The Balaban J connectivity index is 2.37. The van der Waals surface area contributed by atoms with Crippen LogP contribution in [-0.4, -0.2) is 31.0 Å². The summed E-state index contributed by atoms with van der Waals surface area (Å²) in [6.45, 7) is 2.01. The Kier molecular flexibility index (Phi) is 5.02. The van der Waals surface area contributed by atoms with E-state index in [4.69, 9.17) is 0 Å². The van der Waals surface area contributed by atoms with Crippen LogP contribution in [0.2, 0.25) is 0 Å². The Hall–Kier alpha value is -1.01. The zero-order valence-electron chi connectivity index (χ0n) is 9.97. The molecule has 0 radical (unpaired) electrons. The average Bonchev–Trinajstić information content (AvgIpc) is 2.55. The summed E-state index contributed by atoms with van der Waals surface area (Å²) in [4.78, 5) is 0. The van der Waals surface area contributed by atoms with Crippen molar-refractivity contribution in [2.24, 2.45) is 0 Å². The summed E-state index contributed by atoms with van der Waals surface area (Å²) in [6.07, 6.45) is -2.39. The van der Waals surface area contributed by atoms with Gasteiger partial charge in [-0.25, -0.2) is 0 Å². The van der Waals surface area contributed by atoms with Crippen LogP contribution < -0.4 is 5.32 Å². The van der Waals surface area contributed by atoms with Crippen LogP contribution in [0, 0.1) is 6.92 Å². The Labute approximate surface area is 98.6 Å². The quantitative estimate of drug-likeness (QED) is 0.782. The molecule has 0 atom stereocenters. The van der Waals surface area contributed by atoms with E-state index in [-0.39, 0.29) is 6.61 Å². The minimum atomic E-state index is -4.25. The van der Waals surface area contributed by atoms with E-state index in [1.54, 1.807) is 0 Å². The molecule has 3 nitrogen and oxygen atoms in total. The SMILES string of the molecule is CNCc1ccn(CCOCC(F)(F)F)c1C. The van der Waals surface area contributed by atoms with Crippen molar-refractivity contribution in [3.63, 3.8) is 0 Å². The van der Waals surface area contributed by atoms with Crippen molar-refractivity contribution in [2.75, 3.05) is 20.3 Å². The highest BCUT2D eigenvalue weighted by Gasteiger charge is 2.27. The van der Waals surface area contributed by atoms with Crippen LogP contribution in [0.5, 0.6) is 0 Å². The maximum atomic E-state index is 11.8. The molecule has 98 valence electrons. The van der Waals surface area contributed by atoms with E-state index >= 15 is 0 Å². The van der Waals surface area contributed by atoms with E-state index in [1.165, 1.54) is 0 Å². The fraction of sp³-hybridized carbons (Fsp3) is 0.636. The fourth-order valence-corrected chi connectivity index (χ4v) is 1.57. The fourth-order valence-electron chi connectivity index (χ4n) is 1.57. The summed E-state index contributed by atoms with van der Waals surface area (Å²) < 4.78 is 41.9. The van der Waals surface area contributed by atoms with Crippen molar-refractivity contribution in [1.29, 1.82) is 0 Å². The highest BCUT2D eigenvalue weighted by Crippen LogP contribution is 2.14. The summed E-state index contributed by atoms with van der Waals surface area (Å²) >= 11 is 0. The molecule has 0 aliphatic heterocycles. The first-order valence-electron chi connectivity index (χ1n) is 5.37. The predicted octanol–water partition coefficient (Wildman–Crippen LogP) is 2.09. The molecule has 0 saturated heterocycles. The number of nitrogens with one attached hydrogen (secondary N) is 1. The average molecular weight is 250 g/mol. The van der Waals surface area contributed by atoms with Gasteiger partial charge in [-0.3, -0.25) is 0 Å². The van der Waals surface area contributed by atoms with Crippen LogP contribution in [0.25, 0.3) is 0 Å². The maximum absolute atomic E-state index is 11.8. The summed E-state index contributed by atoms with van der Waals surface area (Å²) in [5.74, 6) is 0. The summed E-state index contributed by atoms with van der Waals surface area (Å²) in [6, 6.07) is 1.95. The molecule has 0 aliphatic rings. The zero-order chi connectivity index (χ0) is 12.9. The molecular weight excluding hydrogens is 233 g/mol. The smallest absolute Gasteiger partial charge is 0.370 e. The van der Waals surface area contributed by atoms with Crippen LogP contribution in [0.4, 0.5) is 13.2 Å². The zero-order valence-corrected chi connectivity index (χ0v) is 9.97. The number of ether oxygens (including phenoxy) is 1. The summed E-state index contributed by atoms with van der Waals surface area (Å²) in [5, 5.41) is 3.03. The molecule has 0 aromatic carbocycles. The number of nitrogens with zero attached hydrogens (tertiary/aromatic N) is 1. The van der Waals surface area contributed by atoms with Crippen LogP contribution in [-0.2, 0) is 17.8 Å². The first-order valence-corrected chi connectivity index (χ1v) is 5.37. The van der Waals surface area contributed by atoms with Gasteiger partial charge in [-0.1, -0.05) is 0 Å². The molecule has 1 heterocycles. The normalized spacial score (nSPS) is 12.1. The van der Waals surface area contributed by atoms with E-state index < -0.39 is 12.8 Å². The van der Waals surface area contributed by atoms with E-state index in [0.717, 1.165) is 17.8 Å². The van der Waals surface area contributed by atoms with Crippen molar-refractivity contribution in [2.45, 2.75) is 26.2 Å². The lowest BCUT2D eigenvalue weighted by atomic mass is 10.2. The molecule has 0 fully saturated rings. The molecule has 1 aromatic rings. The second kappa shape index (κ2) is 6.07. The van der Waals surface area contributed by atoms with Gasteiger partial charge in [0.25, 0.3) is 0 Å². The Morgan fingerprint density at radius 1 is 1.41 bits per heavy atom. The van der Waals surface area contributed by atoms with Crippen LogP contribution >= 0.6 is 0 Å². The summed E-state index contributed by atoms with van der Waals surface area (Å²) in [7, 11) is 1.85. The molecule has 0 unspecified atom stereocenters. The monoisotopic (exact) mass is 250 g/mol. The number of hydrogen-bond acceptors (Lipinski definition) is 2. The van der Waals surface area contributed by atoms with E-state index in [0.29, 0.717) is 6.54 Å². The van der Waals surface area contributed by atoms with Crippen LogP contribution in [0.15, 0.2) is 12.3 Å². The van der Waals surface area contributed by atoms with Crippen molar-refractivity contribution < 1.29 is 17.9 Å². The van der Waals surface area contributed by atoms with Crippen LogP contribution in [0.3, 0.4) is 0 Å². The second-order valence-electron chi connectivity index (χ2n) is 3.82. The predicted molar refractivity (Wildman–Crippen MR) is 58.8 cm³/mol. The minimum absolute atomic E-state index is 0.0635. The molecular formula is C11H17F3N2O. The highest BCUT2D eigenvalue weighted by molar-refractivity contribution is 5.20. The third-order valence-electron chi connectivity index (χ3n) is 2.46. The van der Waals surface area contributed by atoms with Gasteiger partial charge in [0.15, 0.2) is 0 Å². The van der Waals surface area contributed by atoms with Gasteiger partial charge in [0.05, 0.1) is 6.61 Å². The molecule has 0 aliphatic carbocycles. The Bertz CT molecular complexity index is 347. The maximum Gasteiger partial charge on any atom is 0.411 e. The molecule has 0 bridgehead atoms. The molecule has 1 rings (SSSR count). The van der Waals surface area contributed by atoms with Gasteiger partial charge in [0.2, 0.25) is 0 Å². The highest BCUT2D eigenvalue weighted by atomic mass is 19.4. The molecule has 17 heavy (non-hydrogen) atoms. The molecule has 0 amide bonds. The van der Waals surface area contributed by atoms with E-state index in [1.807, 2.05) is 30.8 Å². The van der Waals surface area contributed by atoms with Crippen LogP contribution in [0.1, 0.15) is 11.3 Å². The number of alkyl halides is 3. The third kappa shape index (κ3) is 4.79. The molecule has 1 aromatic heterocycles. The minimum Gasteiger partial charge on any atom is -0.370 e. The van der Waals surface area contributed by atoms with Crippen molar-refractivity contribution in [3.8, 4) is 0 Å². The van der Waals surface area contributed by atoms with E-state index in [9.17, 15) is 13.2 Å². The topological polar surface area (TPSA) is 26.2 Å². The standard InChI is InChI=1S/C11H17F3N2O/c1-9-10(7-15-2)3-4-16(9)5-6-17-8-11(12,13)14/h3-4,15H,5-8H2,1-2H3. The first-order chi connectivity index (χ1) is 7.94. The number of rotatable bonds is 6. The molecule has 6 heteroatoms. The number of hydrogen-bond donors (Lipinski definition) is 1. The number of halogens is 3. The Morgan fingerprint density at radius 3 is 2.71 bits per heavy atom. The largest absolute Gasteiger partial charge is 0.411 e. The summed E-state index contributed by atoms with van der Waals surface area (Å²) in [5.41, 5.74) is 2.19. The van der Waals surface area contributed by atoms with E-state index in [2.05, 4.69) is 10.1 Å². The van der Waals surface area contributed by atoms with Gasteiger partial charge < -0.3 is 14.6 Å². The second-order valence-corrected chi connectivity index (χ2v) is 3.82. The Morgan fingerprint density at radius 2 is 2.12 bits per heavy atom. The lowest BCUT2D eigenvalue weighted by molar-refractivity contribution is -0.174. The molecule has 1 N–H and O–H groups in total. The van der Waals surface area contributed by atoms with Gasteiger partial charge in [-0.2, -0.15) is 13.2 Å². The first kappa shape index (κ1) is 14.1. The van der Waals surface area contributed by atoms with Crippen molar-refractivity contribution in [1.82, 2.24) is 9.88 Å². The lowest BCUT2D eigenvalue weighted by Gasteiger charge is -2.10. The van der Waals surface area contributed by atoms with Gasteiger partial charge in [-0.05, 0) is 25.6 Å². The molecule has 0 saturated carbocycles. The lowest BCUT2D eigenvalue weighted by Crippen LogP contribution is -2.19. The third-order valence-corrected chi connectivity index (χ3v) is 2.46. The van der Waals surface area contributed by atoms with Gasteiger partial charge >= 0.3 is 6.18 Å². The van der Waals surface area contributed by atoms with Crippen molar-refractivity contribution >= 4 is 0 Å². The van der Waals surface area contributed by atoms with Gasteiger partial charge in [-0.15, -0.1) is 0 Å². The van der Waals surface area contributed by atoms with Gasteiger partial charge in [0.1, 0.15) is 6.61 Å². The van der Waals surface area contributed by atoms with Gasteiger partial charge in [0, 0.05) is 25.0 Å². The number of aromatic nitrogens is 1. The molecule has 0 spiro atoms. The van der Waals surface area contributed by atoms with Crippen molar-refractivity contribution in [3.05, 3.63) is 23.5 Å².